The standard InChI is InChI=1S/C21H21N3O5/c1-11(2)24-19-18(20(26)23-24)14(10-17(25)22-19)16-9-8-15(29-16)12-4-6-13(7-5-12)21(27)28-3/h4-9,11,14H,10H2,1-3H3,(H,22,25)(H,23,26)/t14-/m1/s1. The molecular weight excluding hydrogens is 374 g/mol. The summed E-state index contributed by atoms with van der Waals surface area (Å²) in [4.78, 5) is 36.4. The van der Waals surface area contributed by atoms with Gasteiger partial charge in [-0.2, -0.15) is 0 Å². The van der Waals surface area contributed by atoms with Gasteiger partial charge in [-0.3, -0.25) is 19.4 Å². The number of anilines is 1. The number of benzene rings is 1. The van der Waals surface area contributed by atoms with Crippen LogP contribution >= 0.6 is 0 Å². The minimum atomic E-state index is -0.467. The van der Waals surface area contributed by atoms with Crippen molar-refractivity contribution < 1.29 is 18.7 Å². The zero-order valence-electron chi connectivity index (χ0n) is 16.3. The van der Waals surface area contributed by atoms with Crippen LogP contribution in [0.1, 0.15) is 53.9 Å². The van der Waals surface area contributed by atoms with Crippen LogP contribution < -0.4 is 10.9 Å². The maximum atomic E-state index is 12.6. The van der Waals surface area contributed by atoms with Gasteiger partial charge in [-0.1, -0.05) is 12.1 Å². The molecule has 3 aromatic rings. The van der Waals surface area contributed by atoms with E-state index in [0.717, 1.165) is 5.56 Å². The molecule has 0 saturated carbocycles. The number of nitrogens with one attached hydrogen (secondary N) is 2. The zero-order valence-corrected chi connectivity index (χ0v) is 16.3. The summed E-state index contributed by atoms with van der Waals surface area (Å²) in [5.41, 5.74) is 1.48. The number of nitrogens with zero attached hydrogens (tertiary/aromatic N) is 1. The van der Waals surface area contributed by atoms with E-state index in [1.165, 1.54) is 7.11 Å². The summed E-state index contributed by atoms with van der Waals surface area (Å²) in [6, 6.07) is 10.4. The Morgan fingerprint density at radius 2 is 1.90 bits per heavy atom. The van der Waals surface area contributed by atoms with Crippen LogP contribution in [0.15, 0.2) is 45.6 Å². The predicted molar refractivity (Wildman–Crippen MR) is 106 cm³/mol. The molecule has 3 heterocycles. The van der Waals surface area contributed by atoms with Crippen LogP contribution in [-0.2, 0) is 9.53 Å². The average molecular weight is 395 g/mol. The predicted octanol–water partition coefficient (Wildman–Crippen LogP) is 3.28. The lowest BCUT2D eigenvalue weighted by molar-refractivity contribution is -0.116. The minimum absolute atomic E-state index is 0.00835. The highest BCUT2D eigenvalue weighted by Crippen LogP contribution is 2.38. The Balaban J connectivity index is 1.70. The first-order valence-corrected chi connectivity index (χ1v) is 9.31. The van der Waals surface area contributed by atoms with Crippen LogP contribution in [0.25, 0.3) is 11.3 Å². The van der Waals surface area contributed by atoms with Gasteiger partial charge < -0.3 is 14.5 Å². The summed E-state index contributed by atoms with van der Waals surface area (Å²) in [7, 11) is 1.33. The molecule has 0 radical (unpaired) electrons. The average Bonchev–Trinajstić information content (AvgIpc) is 3.32. The van der Waals surface area contributed by atoms with Gasteiger partial charge in [0, 0.05) is 18.0 Å². The number of fused-ring (bicyclic) bond motifs is 1. The lowest BCUT2D eigenvalue weighted by Crippen LogP contribution is -2.27. The van der Waals surface area contributed by atoms with E-state index in [0.29, 0.717) is 28.5 Å². The molecule has 1 aliphatic rings. The largest absolute Gasteiger partial charge is 0.465 e. The van der Waals surface area contributed by atoms with Crippen molar-refractivity contribution in [1.29, 1.82) is 0 Å². The Labute approximate surface area is 166 Å². The van der Waals surface area contributed by atoms with Crippen molar-refractivity contribution >= 4 is 17.7 Å². The highest BCUT2D eigenvalue weighted by atomic mass is 16.5. The van der Waals surface area contributed by atoms with E-state index < -0.39 is 11.9 Å². The molecule has 2 N–H and O–H groups in total. The van der Waals surface area contributed by atoms with Crippen molar-refractivity contribution in [3.63, 3.8) is 0 Å². The maximum Gasteiger partial charge on any atom is 0.337 e. The summed E-state index contributed by atoms with van der Waals surface area (Å²) < 4.78 is 12.4. The third-order valence-electron chi connectivity index (χ3n) is 5.04. The normalized spacial score (nSPS) is 15.9. The number of hydrogen-bond acceptors (Lipinski definition) is 5. The van der Waals surface area contributed by atoms with Gasteiger partial charge in [-0.05, 0) is 38.1 Å². The molecule has 1 aliphatic heterocycles. The third kappa shape index (κ3) is 3.26. The van der Waals surface area contributed by atoms with Gasteiger partial charge in [-0.25, -0.2) is 4.79 Å². The number of aromatic amines is 1. The number of carbonyl (C=O) groups excluding carboxylic acids is 2. The third-order valence-corrected chi connectivity index (χ3v) is 5.04. The van der Waals surface area contributed by atoms with E-state index in [1.807, 2.05) is 13.8 Å². The van der Waals surface area contributed by atoms with Gasteiger partial charge >= 0.3 is 5.97 Å². The molecule has 1 amide bonds. The first kappa shape index (κ1) is 18.8. The lowest BCUT2D eigenvalue weighted by Gasteiger charge is -2.22. The van der Waals surface area contributed by atoms with Gasteiger partial charge in [0.2, 0.25) is 5.91 Å². The first-order chi connectivity index (χ1) is 13.9. The molecular formula is C21H21N3O5. The number of amides is 1. The number of esters is 1. The molecule has 0 spiro atoms. The second-order valence-electron chi connectivity index (χ2n) is 7.24. The molecule has 150 valence electrons. The molecule has 0 bridgehead atoms. The summed E-state index contributed by atoms with van der Waals surface area (Å²) in [5.74, 6) is 0.573. The smallest absolute Gasteiger partial charge is 0.337 e. The Morgan fingerprint density at radius 1 is 1.17 bits per heavy atom. The monoisotopic (exact) mass is 395 g/mol. The van der Waals surface area contributed by atoms with Crippen molar-refractivity contribution in [2.45, 2.75) is 32.2 Å². The van der Waals surface area contributed by atoms with Gasteiger partial charge in [0.25, 0.3) is 5.56 Å². The fourth-order valence-electron chi connectivity index (χ4n) is 3.60. The molecule has 0 aliphatic carbocycles. The van der Waals surface area contributed by atoms with Crippen molar-refractivity contribution in [1.82, 2.24) is 9.78 Å². The zero-order chi connectivity index (χ0) is 20.7. The van der Waals surface area contributed by atoms with Crippen molar-refractivity contribution in [3.05, 3.63) is 63.6 Å². The summed E-state index contributed by atoms with van der Waals surface area (Å²) in [6.07, 6.45) is 0.131. The Hall–Kier alpha value is -3.55. The van der Waals surface area contributed by atoms with Crippen LogP contribution in [0.3, 0.4) is 0 Å². The SMILES string of the molecule is COC(=O)c1ccc(-c2ccc([C@H]3CC(=O)Nc4c3c(=O)[nH]n4C(C)C)o2)cc1. The molecule has 2 aromatic heterocycles. The number of rotatable bonds is 4. The number of H-pyrrole nitrogens is 1. The molecule has 0 saturated heterocycles. The quantitative estimate of drug-likeness (QED) is 0.660. The van der Waals surface area contributed by atoms with Crippen molar-refractivity contribution in [2.75, 3.05) is 12.4 Å². The van der Waals surface area contributed by atoms with E-state index in [9.17, 15) is 14.4 Å². The molecule has 8 heteroatoms. The van der Waals surface area contributed by atoms with Crippen molar-refractivity contribution in [2.24, 2.45) is 0 Å². The van der Waals surface area contributed by atoms with E-state index in [1.54, 1.807) is 41.1 Å². The summed E-state index contributed by atoms with van der Waals surface area (Å²) >= 11 is 0. The van der Waals surface area contributed by atoms with Crippen LogP contribution in [0.4, 0.5) is 5.82 Å². The van der Waals surface area contributed by atoms with E-state index in [-0.39, 0.29) is 23.9 Å². The fraction of sp³-hybridized carbons (Fsp3) is 0.286. The number of hydrogen-bond donors (Lipinski definition) is 2. The van der Waals surface area contributed by atoms with Crippen molar-refractivity contribution in [3.8, 4) is 11.3 Å². The van der Waals surface area contributed by atoms with Gasteiger partial charge in [0.1, 0.15) is 17.3 Å². The molecule has 0 unspecified atom stereocenters. The van der Waals surface area contributed by atoms with Gasteiger partial charge in [-0.15, -0.1) is 0 Å². The van der Waals surface area contributed by atoms with E-state index >= 15 is 0 Å². The van der Waals surface area contributed by atoms with Gasteiger partial charge in [0.05, 0.1) is 24.2 Å². The summed E-state index contributed by atoms with van der Waals surface area (Å²) in [6.45, 7) is 3.85. The Kier molecular flexibility index (Phi) is 4.62. The molecule has 29 heavy (non-hydrogen) atoms. The summed E-state index contributed by atoms with van der Waals surface area (Å²) in [5, 5.41) is 5.60. The first-order valence-electron chi connectivity index (χ1n) is 9.31. The number of furan rings is 1. The minimum Gasteiger partial charge on any atom is -0.465 e. The highest BCUT2D eigenvalue weighted by molar-refractivity contribution is 5.94. The second kappa shape index (κ2) is 7.12. The number of carbonyl (C=O) groups is 2. The van der Waals surface area contributed by atoms with Crippen LogP contribution in [-0.4, -0.2) is 28.8 Å². The lowest BCUT2D eigenvalue weighted by atomic mass is 9.92. The number of aromatic nitrogens is 2. The highest BCUT2D eigenvalue weighted by Gasteiger charge is 2.34. The van der Waals surface area contributed by atoms with E-state index in [2.05, 4.69) is 10.4 Å². The second-order valence-corrected chi connectivity index (χ2v) is 7.24. The Morgan fingerprint density at radius 3 is 2.55 bits per heavy atom. The number of ether oxygens (including phenoxy) is 1. The molecule has 8 nitrogen and oxygen atoms in total. The van der Waals surface area contributed by atoms with E-state index in [4.69, 9.17) is 9.15 Å². The molecule has 4 rings (SSSR count). The molecule has 1 aromatic carbocycles. The maximum absolute atomic E-state index is 12.6. The van der Waals surface area contributed by atoms with Crippen LogP contribution in [0.2, 0.25) is 0 Å². The van der Waals surface area contributed by atoms with Crippen LogP contribution in [0.5, 0.6) is 0 Å². The number of methoxy groups -OCH3 is 1. The topological polar surface area (TPSA) is 106 Å². The van der Waals surface area contributed by atoms with Gasteiger partial charge in [0.15, 0.2) is 0 Å². The molecule has 0 fully saturated rings. The fourth-order valence-corrected chi connectivity index (χ4v) is 3.60. The Bertz CT molecular complexity index is 1130. The van der Waals surface area contributed by atoms with Crippen LogP contribution in [0, 0.1) is 0 Å². The molecule has 1 atom stereocenters.